The summed E-state index contributed by atoms with van der Waals surface area (Å²) in [5.41, 5.74) is 2.67. The van der Waals surface area contributed by atoms with Gasteiger partial charge in [0.1, 0.15) is 5.69 Å². The smallest absolute Gasteiger partial charge is 0.126 e. The van der Waals surface area contributed by atoms with E-state index in [1.165, 1.54) is 0 Å². The van der Waals surface area contributed by atoms with E-state index in [-0.39, 0.29) is 11.8 Å². The molecule has 0 radical (unpaired) electrons. The number of halogens is 2. The normalized spacial score (nSPS) is 21.1. The largest absolute Gasteiger partial charge is 0.608 e. The molecule has 2 N–H and O–H groups in total. The predicted molar refractivity (Wildman–Crippen MR) is 97.2 cm³/mol. The van der Waals surface area contributed by atoms with Crippen molar-refractivity contribution in [1.29, 1.82) is 0 Å². The van der Waals surface area contributed by atoms with Crippen LogP contribution in [-0.2, 0) is 13.0 Å². The molecule has 1 heterocycles. The van der Waals surface area contributed by atoms with Gasteiger partial charge in [-0.15, -0.1) is 0 Å². The van der Waals surface area contributed by atoms with Crippen LogP contribution in [0.3, 0.4) is 0 Å². The number of benzene rings is 2. The average molecular weight is 367 g/mol. The van der Waals surface area contributed by atoms with Crippen LogP contribution < -0.4 is 10.2 Å². The molecule has 2 aromatic rings. The Labute approximate surface area is 151 Å². The zero-order valence-corrected chi connectivity index (χ0v) is 14.7. The molecule has 0 saturated carbocycles. The summed E-state index contributed by atoms with van der Waals surface area (Å²) in [7, 11) is 0. The number of anilines is 1. The van der Waals surface area contributed by atoms with E-state index in [0.717, 1.165) is 24.0 Å². The number of nitrogens with one attached hydrogen (secondary N) is 1. The quantitative estimate of drug-likeness (QED) is 0.818. The average Bonchev–Trinajstić information content (AvgIpc) is 2.58. The summed E-state index contributed by atoms with van der Waals surface area (Å²) in [4.78, 5) is 0. The highest BCUT2D eigenvalue weighted by Crippen LogP contribution is 2.33. The second kappa shape index (κ2) is 7.72. The Morgan fingerprint density at radius 3 is 2.42 bits per heavy atom. The SMILES string of the molecule is [O-][NH+]1CCC(Cc2ccccc2CO)CN1c1c(Cl)cccc1Cl. The minimum Gasteiger partial charge on any atom is -0.608 e. The summed E-state index contributed by atoms with van der Waals surface area (Å²) >= 11 is 12.5. The van der Waals surface area contributed by atoms with Crippen molar-refractivity contribution in [2.24, 2.45) is 5.92 Å². The van der Waals surface area contributed by atoms with Gasteiger partial charge in [-0.3, -0.25) is 5.17 Å². The van der Waals surface area contributed by atoms with Crippen molar-refractivity contribution >= 4 is 28.9 Å². The number of para-hydroxylation sites is 1. The first-order valence-corrected chi connectivity index (χ1v) is 8.77. The van der Waals surface area contributed by atoms with E-state index in [0.29, 0.717) is 34.7 Å². The first-order valence-electron chi connectivity index (χ1n) is 8.02. The van der Waals surface area contributed by atoms with Gasteiger partial charge in [0.2, 0.25) is 0 Å². The highest BCUT2D eigenvalue weighted by Gasteiger charge is 2.29. The lowest BCUT2D eigenvalue weighted by Gasteiger charge is -2.42. The first kappa shape index (κ1) is 17.5. The predicted octanol–water partition coefficient (Wildman–Crippen LogP) is 2.85. The zero-order valence-electron chi connectivity index (χ0n) is 13.2. The third-order valence-corrected chi connectivity index (χ3v) is 5.12. The molecule has 4 nitrogen and oxygen atoms in total. The van der Waals surface area contributed by atoms with Crippen LogP contribution >= 0.6 is 23.2 Å². The van der Waals surface area contributed by atoms with Crippen molar-refractivity contribution in [2.45, 2.75) is 19.4 Å². The van der Waals surface area contributed by atoms with Gasteiger partial charge in [-0.25, -0.2) is 5.01 Å². The number of quaternary nitrogens is 1. The van der Waals surface area contributed by atoms with Crippen LogP contribution in [0.2, 0.25) is 10.0 Å². The molecular formula is C18H20Cl2N2O2. The van der Waals surface area contributed by atoms with E-state index in [1.54, 1.807) is 23.2 Å². The molecule has 1 fully saturated rings. The molecule has 128 valence electrons. The Balaban J connectivity index is 1.81. The van der Waals surface area contributed by atoms with E-state index in [1.807, 2.05) is 24.3 Å². The van der Waals surface area contributed by atoms with Crippen LogP contribution in [0.1, 0.15) is 17.5 Å². The van der Waals surface area contributed by atoms with Crippen molar-refractivity contribution in [3.8, 4) is 0 Å². The summed E-state index contributed by atoms with van der Waals surface area (Å²) in [6.45, 7) is 1.09. The topological polar surface area (TPSA) is 51.0 Å². The number of rotatable bonds is 4. The summed E-state index contributed by atoms with van der Waals surface area (Å²) in [6.07, 6.45) is 1.65. The summed E-state index contributed by atoms with van der Waals surface area (Å²) in [6, 6.07) is 13.2. The lowest BCUT2D eigenvalue weighted by atomic mass is 9.92. The summed E-state index contributed by atoms with van der Waals surface area (Å²) in [5.74, 6) is 0.308. The molecule has 0 bridgehead atoms. The van der Waals surface area contributed by atoms with Crippen molar-refractivity contribution in [3.05, 3.63) is 68.8 Å². The second-order valence-electron chi connectivity index (χ2n) is 6.11. The van der Waals surface area contributed by atoms with Gasteiger partial charge in [0.05, 0.1) is 29.7 Å². The molecular weight excluding hydrogens is 347 g/mol. The fraction of sp³-hybridized carbons (Fsp3) is 0.333. The molecule has 3 rings (SSSR count). The van der Waals surface area contributed by atoms with Gasteiger partial charge in [0, 0.05) is 6.42 Å². The third kappa shape index (κ3) is 3.68. The Bertz CT molecular complexity index is 691. The number of hydrogen-bond acceptors (Lipinski definition) is 3. The Morgan fingerprint density at radius 2 is 1.75 bits per heavy atom. The Morgan fingerprint density at radius 1 is 1.08 bits per heavy atom. The zero-order chi connectivity index (χ0) is 17.1. The van der Waals surface area contributed by atoms with E-state index < -0.39 is 0 Å². The maximum absolute atomic E-state index is 12.4. The van der Waals surface area contributed by atoms with Crippen molar-refractivity contribution in [1.82, 2.24) is 0 Å². The van der Waals surface area contributed by atoms with E-state index in [4.69, 9.17) is 23.2 Å². The maximum atomic E-state index is 12.4. The maximum Gasteiger partial charge on any atom is 0.126 e. The third-order valence-electron chi connectivity index (χ3n) is 4.51. The van der Waals surface area contributed by atoms with Crippen LogP contribution in [0.4, 0.5) is 5.69 Å². The summed E-state index contributed by atoms with van der Waals surface area (Å²) in [5, 5.41) is 24.6. The number of hydrogen-bond donors (Lipinski definition) is 2. The van der Waals surface area contributed by atoms with Gasteiger partial charge in [-0.1, -0.05) is 53.5 Å². The number of nitrogens with zero attached hydrogens (tertiary/aromatic N) is 1. The molecule has 1 aliphatic rings. The molecule has 1 aliphatic heterocycles. The minimum atomic E-state index is 0.0296. The Hall–Kier alpha value is -1.30. The highest BCUT2D eigenvalue weighted by atomic mass is 35.5. The molecule has 6 heteroatoms. The van der Waals surface area contributed by atoms with Crippen molar-refractivity contribution in [3.63, 3.8) is 0 Å². The first-order chi connectivity index (χ1) is 11.6. The van der Waals surface area contributed by atoms with Crippen molar-refractivity contribution in [2.75, 3.05) is 18.1 Å². The fourth-order valence-corrected chi connectivity index (χ4v) is 3.87. The van der Waals surface area contributed by atoms with E-state index in [9.17, 15) is 10.3 Å². The van der Waals surface area contributed by atoms with Gasteiger partial charge >= 0.3 is 0 Å². The number of aliphatic hydroxyl groups excluding tert-OH is 1. The molecule has 1 saturated heterocycles. The van der Waals surface area contributed by atoms with Gasteiger partial charge in [0.15, 0.2) is 0 Å². The van der Waals surface area contributed by atoms with Crippen LogP contribution in [0.25, 0.3) is 0 Å². The van der Waals surface area contributed by atoms with Gasteiger partial charge in [0.25, 0.3) is 0 Å². The number of hydroxylamine groups is 1. The molecule has 0 spiro atoms. The van der Waals surface area contributed by atoms with E-state index in [2.05, 4.69) is 0 Å². The molecule has 2 aromatic carbocycles. The van der Waals surface area contributed by atoms with Gasteiger partial charge < -0.3 is 10.3 Å². The molecule has 0 amide bonds. The monoisotopic (exact) mass is 366 g/mol. The molecule has 2 unspecified atom stereocenters. The lowest BCUT2D eigenvalue weighted by Crippen LogP contribution is -3.16. The van der Waals surface area contributed by atoms with Crippen LogP contribution in [0, 0.1) is 11.1 Å². The summed E-state index contributed by atoms with van der Waals surface area (Å²) < 4.78 is 0. The van der Waals surface area contributed by atoms with Crippen LogP contribution in [-0.4, -0.2) is 18.2 Å². The highest BCUT2D eigenvalue weighted by molar-refractivity contribution is 6.39. The molecule has 24 heavy (non-hydrogen) atoms. The van der Waals surface area contributed by atoms with Gasteiger partial charge in [-0.05, 0) is 35.6 Å². The Kier molecular flexibility index (Phi) is 5.64. The van der Waals surface area contributed by atoms with Crippen molar-refractivity contribution < 1.29 is 10.3 Å². The second-order valence-corrected chi connectivity index (χ2v) is 6.92. The molecule has 0 aromatic heterocycles. The standard InChI is InChI=1S/C18H20Cl2N2O2/c19-16-6-3-7-17(20)18(16)21-11-13(8-9-22(21)24)10-14-4-1-2-5-15(14)12-23/h1-7,13,22-23H,8-12H2. The molecule has 0 aliphatic carbocycles. The lowest BCUT2D eigenvalue weighted by molar-refractivity contribution is -0.864. The molecule has 2 atom stereocenters. The van der Waals surface area contributed by atoms with Gasteiger partial charge in [-0.2, -0.15) is 0 Å². The number of aliphatic hydroxyl groups is 1. The fourth-order valence-electron chi connectivity index (χ4n) is 3.27. The van der Waals surface area contributed by atoms with Crippen LogP contribution in [0.15, 0.2) is 42.5 Å². The minimum absolute atomic E-state index is 0.0296. The van der Waals surface area contributed by atoms with Crippen LogP contribution in [0.5, 0.6) is 0 Å². The van der Waals surface area contributed by atoms with E-state index >= 15 is 0 Å².